The topological polar surface area (TPSA) is 90.0 Å². The number of amides is 1. The molecule has 3 rings (SSSR count). The molecule has 0 radical (unpaired) electrons. The maximum atomic E-state index is 12.7. The summed E-state index contributed by atoms with van der Waals surface area (Å²) < 4.78 is 36.0. The minimum atomic E-state index is -4.12. The smallest absolute Gasteiger partial charge is 0.359 e. The zero-order chi connectivity index (χ0) is 20.0. The Morgan fingerprint density at radius 3 is 2.37 bits per heavy atom. The van der Waals surface area contributed by atoms with Crippen molar-refractivity contribution in [1.29, 1.82) is 0 Å². The third kappa shape index (κ3) is 4.00. The minimum absolute atomic E-state index is 0.0128. The minimum Gasteiger partial charge on any atom is -0.455 e. The summed E-state index contributed by atoms with van der Waals surface area (Å²) in [5.74, 6) is -1.04. The number of ether oxygens (including phenoxy) is 1. The summed E-state index contributed by atoms with van der Waals surface area (Å²) in [6.45, 7) is 6.95. The molecule has 1 unspecified atom stereocenters. The van der Waals surface area contributed by atoms with E-state index in [4.69, 9.17) is 8.92 Å². The van der Waals surface area contributed by atoms with Crippen molar-refractivity contribution in [3.63, 3.8) is 0 Å². The Morgan fingerprint density at radius 2 is 1.81 bits per heavy atom. The molecule has 0 N–H and O–H groups in total. The summed E-state index contributed by atoms with van der Waals surface area (Å²) in [5.41, 5.74) is 0.0220. The third-order valence-electron chi connectivity index (χ3n) is 4.37. The normalized spacial score (nSPS) is 20.1. The Bertz CT molecular complexity index is 909. The maximum Gasteiger partial charge on any atom is 0.359 e. The molecule has 2 aliphatic rings. The van der Waals surface area contributed by atoms with Crippen LogP contribution in [0.2, 0.25) is 0 Å². The zero-order valence-corrected chi connectivity index (χ0v) is 16.6. The summed E-state index contributed by atoms with van der Waals surface area (Å²) in [6.07, 6.45) is 1.12. The molecule has 0 aromatic heterocycles. The second-order valence-corrected chi connectivity index (χ2v) is 9.33. The fourth-order valence-electron chi connectivity index (χ4n) is 3.08. The Kier molecular flexibility index (Phi) is 4.80. The first-order valence-corrected chi connectivity index (χ1v) is 10.2. The van der Waals surface area contributed by atoms with Crippen molar-refractivity contribution in [2.24, 2.45) is 0 Å². The van der Waals surface area contributed by atoms with Crippen LogP contribution in [0, 0.1) is 6.92 Å². The molecule has 27 heavy (non-hydrogen) atoms. The van der Waals surface area contributed by atoms with Crippen LogP contribution >= 0.6 is 0 Å². The molecule has 0 bridgehead atoms. The third-order valence-corrected chi connectivity index (χ3v) is 5.64. The first-order chi connectivity index (χ1) is 12.5. The lowest BCUT2D eigenvalue weighted by atomic mass is 9.91. The van der Waals surface area contributed by atoms with Gasteiger partial charge in [0.1, 0.15) is 10.5 Å². The molecule has 1 atom stereocenters. The molecular weight excluding hydrogens is 370 g/mol. The van der Waals surface area contributed by atoms with E-state index in [1.807, 2.05) is 6.92 Å². The summed E-state index contributed by atoms with van der Waals surface area (Å²) in [4.78, 5) is 26.0. The van der Waals surface area contributed by atoms with Crippen LogP contribution in [0.25, 0.3) is 0 Å². The predicted molar refractivity (Wildman–Crippen MR) is 96.8 cm³/mol. The van der Waals surface area contributed by atoms with Gasteiger partial charge in [-0.05, 0) is 46.2 Å². The molecule has 1 fully saturated rings. The lowest BCUT2D eigenvalue weighted by molar-refractivity contribution is -0.160. The first kappa shape index (κ1) is 19.4. The zero-order valence-electron chi connectivity index (χ0n) is 15.8. The Hall–Kier alpha value is -2.35. The molecule has 8 heteroatoms. The van der Waals surface area contributed by atoms with Gasteiger partial charge in [0.2, 0.25) is 5.91 Å². The van der Waals surface area contributed by atoms with Gasteiger partial charge in [-0.1, -0.05) is 17.7 Å². The largest absolute Gasteiger partial charge is 0.455 e. The average molecular weight is 393 g/mol. The van der Waals surface area contributed by atoms with Crippen LogP contribution in [0.4, 0.5) is 0 Å². The number of rotatable bonds is 4. The quantitative estimate of drug-likeness (QED) is 0.444. The van der Waals surface area contributed by atoms with E-state index in [0.29, 0.717) is 12.8 Å². The number of hydrogen-bond acceptors (Lipinski definition) is 6. The maximum absolute atomic E-state index is 12.7. The summed E-state index contributed by atoms with van der Waals surface area (Å²) >= 11 is 0. The van der Waals surface area contributed by atoms with E-state index < -0.39 is 21.7 Å². The van der Waals surface area contributed by atoms with Crippen LogP contribution in [0.5, 0.6) is 0 Å². The molecule has 2 heterocycles. The van der Waals surface area contributed by atoms with E-state index in [1.165, 1.54) is 17.0 Å². The number of carbonyl (C=O) groups excluding carboxylic acids is 2. The van der Waals surface area contributed by atoms with E-state index in [-0.39, 0.29) is 34.7 Å². The molecule has 1 aromatic carbocycles. The van der Waals surface area contributed by atoms with Crippen molar-refractivity contribution in [3.05, 3.63) is 41.3 Å². The predicted octanol–water partition coefficient (Wildman–Crippen LogP) is 2.65. The average Bonchev–Trinajstić information content (AvgIpc) is 2.53. The highest BCUT2D eigenvalue weighted by molar-refractivity contribution is 7.86. The highest BCUT2D eigenvalue weighted by Crippen LogP contribution is 2.38. The van der Waals surface area contributed by atoms with E-state index in [1.54, 1.807) is 32.9 Å². The highest BCUT2D eigenvalue weighted by atomic mass is 32.2. The second-order valence-electron chi connectivity index (χ2n) is 7.78. The first-order valence-electron chi connectivity index (χ1n) is 8.78. The van der Waals surface area contributed by atoms with Crippen molar-refractivity contribution in [2.75, 3.05) is 0 Å². The SMILES string of the molecule is Cc1ccc(S(=O)(=O)OC2=C(C(=O)OC(C)(C)C)N3C(=O)CC3CC2)cc1. The fraction of sp³-hybridized carbons (Fsp3) is 0.474. The van der Waals surface area contributed by atoms with Crippen LogP contribution < -0.4 is 0 Å². The lowest BCUT2D eigenvalue weighted by Gasteiger charge is -2.44. The Morgan fingerprint density at radius 1 is 1.19 bits per heavy atom. The summed E-state index contributed by atoms with van der Waals surface area (Å²) in [5, 5.41) is 0. The van der Waals surface area contributed by atoms with Gasteiger partial charge in [-0.3, -0.25) is 9.69 Å². The van der Waals surface area contributed by atoms with Gasteiger partial charge in [-0.15, -0.1) is 0 Å². The number of esters is 1. The van der Waals surface area contributed by atoms with Crippen molar-refractivity contribution < 1.29 is 26.9 Å². The lowest BCUT2D eigenvalue weighted by Crippen LogP contribution is -2.56. The van der Waals surface area contributed by atoms with Gasteiger partial charge in [0.15, 0.2) is 11.5 Å². The van der Waals surface area contributed by atoms with Crippen molar-refractivity contribution in [2.45, 2.75) is 63.5 Å². The number of carbonyl (C=O) groups is 2. The van der Waals surface area contributed by atoms with Crippen molar-refractivity contribution >= 4 is 22.0 Å². The number of fused-ring (bicyclic) bond motifs is 1. The molecule has 146 valence electrons. The number of aryl methyl sites for hydroxylation is 1. The highest BCUT2D eigenvalue weighted by Gasteiger charge is 2.47. The van der Waals surface area contributed by atoms with Crippen LogP contribution in [-0.4, -0.2) is 36.8 Å². The van der Waals surface area contributed by atoms with Gasteiger partial charge in [-0.25, -0.2) is 4.79 Å². The number of benzene rings is 1. The van der Waals surface area contributed by atoms with Crippen molar-refractivity contribution in [3.8, 4) is 0 Å². The van der Waals surface area contributed by atoms with Crippen LogP contribution in [0.1, 0.15) is 45.6 Å². The van der Waals surface area contributed by atoms with Crippen LogP contribution in [0.3, 0.4) is 0 Å². The number of allylic oxidation sites excluding steroid dienone is 1. The second kappa shape index (κ2) is 6.67. The van der Waals surface area contributed by atoms with Gasteiger partial charge in [0, 0.05) is 18.9 Å². The Labute approximate surface area is 159 Å². The van der Waals surface area contributed by atoms with Crippen LogP contribution in [-0.2, 0) is 28.6 Å². The molecule has 0 spiro atoms. The van der Waals surface area contributed by atoms with Gasteiger partial charge < -0.3 is 8.92 Å². The summed E-state index contributed by atoms with van der Waals surface area (Å²) in [7, 11) is -4.12. The monoisotopic (exact) mass is 393 g/mol. The van der Waals surface area contributed by atoms with Gasteiger partial charge in [0.05, 0.1) is 0 Å². The summed E-state index contributed by atoms with van der Waals surface area (Å²) in [6, 6.07) is 6.09. The molecule has 1 saturated heterocycles. The molecule has 0 aliphatic carbocycles. The van der Waals surface area contributed by atoms with Gasteiger partial charge in [0.25, 0.3) is 0 Å². The van der Waals surface area contributed by atoms with E-state index in [0.717, 1.165) is 5.56 Å². The standard InChI is InChI=1S/C19H23NO6S/c1-12-5-8-14(9-6-12)27(23,24)26-15-10-7-13-11-16(21)20(13)17(15)18(22)25-19(2,3)4/h5-6,8-9,13H,7,10-11H2,1-4H3. The Balaban J connectivity index is 1.98. The van der Waals surface area contributed by atoms with Crippen LogP contribution in [0.15, 0.2) is 40.6 Å². The van der Waals surface area contributed by atoms with E-state index in [2.05, 4.69) is 0 Å². The molecular formula is C19H23NO6S. The number of β-lactam (4-membered cyclic amide) rings is 1. The number of hydrogen-bond donors (Lipinski definition) is 0. The molecule has 2 aliphatic heterocycles. The molecule has 7 nitrogen and oxygen atoms in total. The van der Waals surface area contributed by atoms with Gasteiger partial charge >= 0.3 is 16.1 Å². The van der Waals surface area contributed by atoms with E-state index in [9.17, 15) is 18.0 Å². The number of nitrogens with zero attached hydrogens (tertiary/aromatic N) is 1. The van der Waals surface area contributed by atoms with Gasteiger partial charge in [-0.2, -0.15) is 8.42 Å². The fourth-order valence-corrected chi connectivity index (χ4v) is 4.07. The van der Waals surface area contributed by atoms with E-state index >= 15 is 0 Å². The molecule has 1 amide bonds. The molecule has 0 saturated carbocycles. The molecule has 1 aromatic rings. The van der Waals surface area contributed by atoms with Crippen molar-refractivity contribution in [1.82, 2.24) is 4.90 Å².